The topological polar surface area (TPSA) is 27.7 Å². The molecule has 0 fully saturated rings. The van der Waals surface area contributed by atoms with E-state index in [-0.39, 0.29) is 6.79 Å². The van der Waals surface area contributed by atoms with Crippen molar-refractivity contribution in [2.45, 2.75) is 13.5 Å². The molecular weight excluding hydrogens is 252 g/mol. The van der Waals surface area contributed by atoms with Crippen molar-refractivity contribution in [3.63, 3.8) is 0 Å². The minimum absolute atomic E-state index is 0.249. The first-order valence-electron chi connectivity index (χ1n) is 6.52. The van der Waals surface area contributed by atoms with E-state index in [1.807, 2.05) is 43.3 Å². The van der Waals surface area contributed by atoms with Gasteiger partial charge in [-0.15, -0.1) is 0 Å². The van der Waals surface area contributed by atoms with Crippen molar-refractivity contribution in [2.75, 3.05) is 6.79 Å². The highest BCUT2D eigenvalue weighted by atomic mass is 16.7. The largest absolute Gasteiger partial charge is 0.488 e. The van der Waals surface area contributed by atoms with Crippen molar-refractivity contribution in [3.05, 3.63) is 59.7 Å². The SMILES string of the molecule is C=Cc1cc(OCc2ccccc2)c(C)c2c1OCO2. The minimum Gasteiger partial charge on any atom is -0.488 e. The fraction of sp³-hybridized carbons (Fsp3) is 0.176. The molecule has 2 aromatic rings. The molecule has 1 aliphatic rings. The van der Waals surface area contributed by atoms with Gasteiger partial charge in [-0.05, 0) is 18.6 Å². The van der Waals surface area contributed by atoms with Crippen LogP contribution < -0.4 is 14.2 Å². The van der Waals surface area contributed by atoms with E-state index in [2.05, 4.69) is 6.58 Å². The Morgan fingerprint density at radius 1 is 1.20 bits per heavy atom. The molecule has 0 radical (unpaired) electrons. The number of hydrogen-bond acceptors (Lipinski definition) is 3. The summed E-state index contributed by atoms with van der Waals surface area (Å²) in [5.41, 5.74) is 2.98. The van der Waals surface area contributed by atoms with Gasteiger partial charge in [0.2, 0.25) is 6.79 Å². The van der Waals surface area contributed by atoms with Gasteiger partial charge < -0.3 is 14.2 Å². The van der Waals surface area contributed by atoms with Gasteiger partial charge in [0, 0.05) is 11.1 Å². The van der Waals surface area contributed by atoms with E-state index in [9.17, 15) is 0 Å². The molecule has 0 spiro atoms. The summed E-state index contributed by atoms with van der Waals surface area (Å²) in [7, 11) is 0. The summed E-state index contributed by atoms with van der Waals surface area (Å²) in [5.74, 6) is 2.31. The lowest BCUT2D eigenvalue weighted by atomic mass is 10.1. The lowest BCUT2D eigenvalue weighted by molar-refractivity contribution is 0.173. The Balaban J connectivity index is 1.88. The Labute approximate surface area is 118 Å². The first-order chi connectivity index (χ1) is 9.79. The molecule has 3 nitrogen and oxygen atoms in total. The molecule has 0 unspecified atom stereocenters. The molecule has 2 aromatic carbocycles. The first kappa shape index (κ1) is 12.6. The van der Waals surface area contributed by atoms with Crippen molar-refractivity contribution in [1.29, 1.82) is 0 Å². The molecular formula is C17H16O3. The van der Waals surface area contributed by atoms with E-state index in [4.69, 9.17) is 14.2 Å². The normalized spacial score (nSPS) is 12.2. The summed E-state index contributed by atoms with van der Waals surface area (Å²) in [6.45, 7) is 6.55. The molecule has 1 heterocycles. The third-order valence-electron chi connectivity index (χ3n) is 3.33. The van der Waals surface area contributed by atoms with Gasteiger partial charge in [-0.3, -0.25) is 0 Å². The van der Waals surface area contributed by atoms with Crippen LogP contribution in [0.25, 0.3) is 6.08 Å². The van der Waals surface area contributed by atoms with Crippen LogP contribution in [0.4, 0.5) is 0 Å². The Morgan fingerprint density at radius 3 is 2.70 bits per heavy atom. The fourth-order valence-corrected chi connectivity index (χ4v) is 2.24. The molecule has 0 saturated carbocycles. The zero-order valence-corrected chi connectivity index (χ0v) is 11.4. The maximum atomic E-state index is 5.91. The Bertz CT molecular complexity index is 632. The first-order valence-corrected chi connectivity index (χ1v) is 6.52. The van der Waals surface area contributed by atoms with Gasteiger partial charge in [0.05, 0.1) is 0 Å². The second-order valence-electron chi connectivity index (χ2n) is 4.63. The lowest BCUT2D eigenvalue weighted by Gasteiger charge is -2.13. The highest BCUT2D eigenvalue weighted by molar-refractivity contribution is 5.68. The van der Waals surface area contributed by atoms with E-state index >= 15 is 0 Å². The summed E-state index contributed by atoms with van der Waals surface area (Å²) in [5, 5.41) is 0. The van der Waals surface area contributed by atoms with E-state index < -0.39 is 0 Å². The van der Waals surface area contributed by atoms with Gasteiger partial charge in [-0.2, -0.15) is 0 Å². The van der Waals surface area contributed by atoms with Crippen molar-refractivity contribution in [1.82, 2.24) is 0 Å². The Morgan fingerprint density at radius 2 is 1.95 bits per heavy atom. The van der Waals surface area contributed by atoms with E-state index in [1.54, 1.807) is 6.08 Å². The molecule has 1 aliphatic heterocycles. The maximum absolute atomic E-state index is 5.91. The summed E-state index contributed by atoms with van der Waals surface area (Å²) in [6, 6.07) is 12.0. The fourth-order valence-electron chi connectivity index (χ4n) is 2.24. The summed E-state index contributed by atoms with van der Waals surface area (Å²) in [6.07, 6.45) is 1.75. The molecule has 0 aliphatic carbocycles. The van der Waals surface area contributed by atoms with Crippen LogP contribution in [0, 0.1) is 6.92 Å². The van der Waals surface area contributed by atoms with E-state index in [0.717, 1.165) is 33.9 Å². The number of hydrogen-bond donors (Lipinski definition) is 0. The zero-order valence-electron chi connectivity index (χ0n) is 11.4. The molecule has 0 N–H and O–H groups in total. The van der Waals surface area contributed by atoms with Gasteiger partial charge in [-0.1, -0.05) is 43.0 Å². The van der Waals surface area contributed by atoms with Crippen molar-refractivity contribution in [2.24, 2.45) is 0 Å². The lowest BCUT2D eigenvalue weighted by Crippen LogP contribution is -1.98. The van der Waals surface area contributed by atoms with Crippen LogP contribution in [-0.2, 0) is 6.61 Å². The zero-order chi connectivity index (χ0) is 13.9. The average molecular weight is 268 g/mol. The Hall–Kier alpha value is -2.42. The average Bonchev–Trinajstić information content (AvgIpc) is 2.98. The molecule has 0 bridgehead atoms. The van der Waals surface area contributed by atoms with Crippen molar-refractivity contribution in [3.8, 4) is 17.2 Å². The van der Waals surface area contributed by atoms with Gasteiger partial charge in [-0.25, -0.2) is 0 Å². The minimum atomic E-state index is 0.249. The van der Waals surface area contributed by atoms with Crippen LogP contribution in [-0.4, -0.2) is 6.79 Å². The molecule has 0 atom stereocenters. The van der Waals surface area contributed by atoms with Gasteiger partial charge in [0.1, 0.15) is 12.4 Å². The molecule has 3 heteroatoms. The summed E-state index contributed by atoms with van der Waals surface area (Å²) >= 11 is 0. The van der Waals surface area contributed by atoms with Gasteiger partial charge in [0.15, 0.2) is 11.5 Å². The molecule has 20 heavy (non-hydrogen) atoms. The van der Waals surface area contributed by atoms with E-state index in [0.29, 0.717) is 6.61 Å². The molecule has 0 aromatic heterocycles. The van der Waals surface area contributed by atoms with Crippen LogP contribution in [0.1, 0.15) is 16.7 Å². The van der Waals surface area contributed by atoms with Gasteiger partial charge >= 0.3 is 0 Å². The molecule has 3 rings (SSSR count). The van der Waals surface area contributed by atoms with Crippen LogP contribution in [0.2, 0.25) is 0 Å². The third kappa shape index (κ3) is 2.23. The highest BCUT2D eigenvalue weighted by Crippen LogP contribution is 2.44. The number of rotatable bonds is 4. The smallest absolute Gasteiger partial charge is 0.231 e. The quantitative estimate of drug-likeness (QED) is 0.840. The summed E-state index contributed by atoms with van der Waals surface area (Å²) in [4.78, 5) is 0. The van der Waals surface area contributed by atoms with Crippen LogP contribution in [0.5, 0.6) is 17.2 Å². The highest BCUT2D eigenvalue weighted by Gasteiger charge is 2.22. The predicted octanol–water partition coefficient (Wildman–Crippen LogP) is 3.95. The maximum Gasteiger partial charge on any atom is 0.231 e. The molecule has 0 saturated heterocycles. The van der Waals surface area contributed by atoms with Gasteiger partial charge in [0.25, 0.3) is 0 Å². The number of ether oxygens (including phenoxy) is 3. The van der Waals surface area contributed by atoms with Crippen molar-refractivity contribution < 1.29 is 14.2 Å². The van der Waals surface area contributed by atoms with Crippen molar-refractivity contribution >= 4 is 6.08 Å². The van der Waals surface area contributed by atoms with Crippen LogP contribution >= 0.6 is 0 Å². The number of benzene rings is 2. The number of fused-ring (bicyclic) bond motifs is 1. The standard InChI is InChI=1S/C17H16O3/c1-3-14-9-15(12(2)16-17(14)20-11-19-16)18-10-13-7-5-4-6-8-13/h3-9H,1,10-11H2,2H3. The third-order valence-corrected chi connectivity index (χ3v) is 3.33. The molecule has 102 valence electrons. The predicted molar refractivity (Wildman–Crippen MR) is 78.2 cm³/mol. The Kier molecular flexibility index (Phi) is 3.33. The molecule has 0 amide bonds. The van der Waals surface area contributed by atoms with Crippen LogP contribution in [0.3, 0.4) is 0 Å². The summed E-state index contributed by atoms with van der Waals surface area (Å²) < 4.78 is 16.9. The second-order valence-corrected chi connectivity index (χ2v) is 4.63. The van der Waals surface area contributed by atoms with Crippen LogP contribution in [0.15, 0.2) is 43.0 Å². The second kappa shape index (κ2) is 5.29. The monoisotopic (exact) mass is 268 g/mol. The van der Waals surface area contributed by atoms with E-state index in [1.165, 1.54) is 0 Å².